The molecule has 1 aliphatic rings. The van der Waals surface area contributed by atoms with E-state index in [4.69, 9.17) is 14.4 Å². The van der Waals surface area contributed by atoms with Gasteiger partial charge >= 0.3 is 0 Å². The molecule has 34 heavy (non-hydrogen) atoms. The number of methoxy groups -OCH3 is 1. The third-order valence-electron chi connectivity index (χ3n) is 6.19. The van der Waals surface area contributed by atoms with Crippen LogP contribution in [0.1, 0.15) is 46.4 Å². The predicted octanol–water partition coefficient (Wildman–Crippen LogP) is 4.57. The minimum atomic E-state index is -0.0582. The molecule has 0 spiro atoms. The van der Waals surface area contributed by atoms with Crippen molar-refractivity contribution in [1.29, 1.82) is 0 Å². The molecule has 0 bridgehead atoms. The average molecular weight is 458 g/mol. The Morgan fingerprint density at radius 3 is 2.71 bits per heavy atom. The molecule has 5 rings (SSSR count). The number of carbonyl (C=O) groups excluding carboxylic acids is 1. The number of aryl methyl sites for hydroxylation is 2. The molecule has 8 nitrogen and oxygen atoms in total. The Balaban J connectivity index is 1.52. The van der Waals surface area contributed by atoms with E-state index < -0.39 is 0 Å². The van der Waals surface area contributed by atoms with Crippen molar-refractivity contribution >= 4 is 5.91 Å². The number of amides is 1. The molecule has 1 atom stereocenters. The number of hydrogen-bond acceptors (Lipinski definition) is 6. The van der Waals surface area contributed by atoms with E-state index in [-0.39, 0.29) is 11.8 Å². The maximum atomic E-state index is 13.8. The normalized spacial score (nSPS) is 16.0. The van der Waals surface area contributed by atoms with E-state index in [0.29, 0.717) is 41.8 Å². The highest BCUT2D eigenvalue weighted by Crippen LogP contribution is 2.31. The Morgan fingerprint density at radius 2 is 1.97 bits per heavy atom. The number of piperidine rings is 1. The lowest BCUT2D eigenvalue weighted by Gasteiger charge is -2.31. The molecule has 0 aliphatic carbocycles. The molecule has 4 aromatic rings. The third-order valence-corrected chi connectivity index (χ3v) is 6.19. The topological polar surface area (TPSA) is 86.3 Å². The van der Waals surface area contributed by atoms with Gasteiger partial charge in [-0.2, -0.15) is 10.1 Å². The van der Waals surface area contributed by atoms with Crippen LogP contribution in [0.25, 0.3) is 16.9 Å². The first-order valence-electron chi connectivity index (χ1n) is 11.4. The molecule has 1 saturated heterocycles. The Hall–Kier alpha value is -3.94. The van der Waals surface area contributed by atoms with E-state index in [2.05, 4.69) is 10.1 Å². The lowest BCUT2D eigenvalue weighted by Crippen LogP contribution is -2.39. The van der Waals surface area contributed by atoms with Crippen LogP contribution >= 0.6 is 0 Å². The van der Waals surface area contributed by atoms with E-state index in [1.807, 2.05) is 66.6 Å². The van der Waals surface area contributed by atoms with Crippen LogP contribution in [0.4, 0.5) is 0 Å². The van der Waals surface area contributed by atoms with Crippen LogP contribution in [0.5, 0.6) is 5.75 Å². The highest BCUT2D eigenvalue weighted by atomic mass is 16.5. The molecule has 8 heteroatoms. The van der Waals surface area contributed by atoms with Gasteiger partial charge in [0.2, 0.25) is 5.89 Å². The number of rotatable bonds is 5. The summed E-state index contributed by atoms with van der Waals surface area (Å²) < 4.78 is 12.6. The van der Waals surface area contributed by atoms with Crippen molar-refractivity contribution in [3.05, 3.63) is 77.6 Å². The minimum Gasteiger partial charge on any atom is -0.497 e. The van der Waals surface area contributed by atoms with Gasteiger partial charge in [-0.05, 0) is 51.0 Å². The summed E-state index contributed by atoms with van der Waals surface area (Å²) in [5, 5.41) is 8.74. The number of benzene rings is 2. The van der Waals surface area contributed by atoms with Crippen molar-refractivity contribution in [1.82, 2.24) is 24.8 Å². The molecule has 1 amide bonds. The summed E-state index contributed by atoms with van der Waals surface area (Å²) in [6, 6.07) is 15.7. The predicted molar refractivity (Wildman–Crippen MR) is 127 cm³/mol. The zero-order valence-corrected chi connectivity index (χ0v) is 19.6. The van der Waals surface area contributed by atoms with Crippen molar-refractivity contribution in [3.63, 3.8) is 0 Å². The highest BCUT2D eigenvalue weighted by molar-refractivity contribution is 6.00. The van der Waals surface area contributed by atoms with Crippen LogP contribution in [-0.2, 0) is 0 Å². The Morgan fingerprint density at radius 1 is 1.15 bits per heavy atom. The largest absolute Gasteiger partial charge is 0.497 e. The standard InChI is InChI=1S/C26H27N5O3/c1-17-9-11-21(12-10-17)31-16-23(24(28-31)19-6-4-8-22(14-19)33-3)26(32)30-13-5-7-20(15-30)25-27-18(2)29-34-25/h4,6,8-12,14,16,20H,5,7,13,15H2,1-3H3. The van der Waals surface area contributed by atoms with E-state index in [1.165, 1.54) is 0 Å². The molecule has 3 heterocycles. The summed E-state index contributed by atoms with van der Waals surface area (Å²) in [7, 11) is 1.63. The number of aromatic nitrogens is 4. The summed E-state index contributed by atoms with van der Waals surface area (Å²) >= 11 is 0. The van der Waals surface area contributed by atoms with Gasteiger partial charge in [-0.25, -0.2) is 4.68 Å². The fraction of sp³-hybridized carbons (Fsp3) is 0.308. The molecular formula is C26H27N5O3. The molecule has 174 valence electrons. The van der Waals surface area contributed by atoms with E-state index in [0.717, 1.165) is 29.7 Å². The smallest absolute Gasteiger partial charge is 0.257 e. The number of likely N-dealkylation sites (tertiary alicyclic amines) is 1. The Bertz CT molecular complexity index is 1310. The first-order valence-corrected chi connectivity index (χ1v) is 11.4. The van der Waals surface area contributed by atoms with Gasteiger partial charge in [0, 0.05) is 24.8 Å². The minimum absolute atomic E-state index is 0.0336. The van der Waals surface area contributed by atoms with Crippen molar-refractivity contribution in [2.75, 3.05) is 20.2 Å². The Labute approximate surface area is 198 Å². The molecule has 0 radical (unpaired) electrons. The monoisotopic (exact) mass is 457 g/mol. The quantitative estimate of drug-likeness (QED) is 0.436. The molecule has 1 unspecified atom stereocenters. The van der Waals surface area contributed by atoms with Crippen LogP contribution in [0.3, 0.4) is 0 Å². The van der Waals surface area contributed by atoms with Crippen LogP contribution in [0.2, 0.25) is 0 Å². The van der Waals surface area contributed by atoms with Crippen LogP contribution in [-0.4, -0.2) is 50.9 Å². The van der Waals surface area contributed by atoms with Gasteiger partial charge in [-0.3, -0.25) is 4.79 Å². The van der Waals surface area contributed by atoms with Gasteiger partial charge in [0.25, 0.3) is 5.91 Å². The fourth-order valence-electron chi connectivity index (χ4n) is 4.36. The second-order valence-electron chi connectivity index (χ2n) is 8.67. The Kier molecular flexibility index (Phi) is 5.88. The molecule has 1 fully saturated rings. The average Bonchev–Trinajstić information content (AvgIpc) is 3.51. The van der Waals surface area contributed by atoms with Gasteiger partial charge in [0.05, 0.1) is 24.3 Å². The maximum Gasteiger partial charge on any atom is 0.257 e. The van der Waals surface area contributed by atoms with Crippen LogP contribution in [0, 0.1) is 13.8 Å². The molecular weight excluding hydrogens is 430 g/mol. The van der Waals surface area contributed by atoms with E-state index in [9.17, 15) is 4.79 Å². The number of hydrogen-bond donors (Lipinski definition) is 0. The van der Waals surface area contributed by atoms with E-state index in [1.54, 1.807) is 18.7 Å². The van der Waals surface area contributed by atoms with Crippen molar-refractivity contribution in [3.8, 4) is 22.7 Å². The van der Waals surface area contributed by atoms with Gasteiger partial charge in [-0.1, -0.05) is 35.0 Å². The second-order valence-corrected chi connectivity index (χ2v) is 8.67. The van der Waals surface area contributed by atoms with Gasteiger partial charge < -0.3 is 14.2 Å². The zero-order valence-electron chi connectivity index (χ0n) is 19.6. The van der Waals surface area contributed by atoms with Gasteiger partial charge in [-0.15, -0.1) is 0 Å². The zero-order chi connectivity index (χ0) is 23.7. The maximum absolute atomic E-state index is 13.8. The molecule has 0 saturated carbocycles. The summed E-state index contributed by atoms with van der Waals surface area (Å²) in [5.74, 6) is 1.89. The lowest BCUT2D eigenvalue weighted by atomic mass is 9.97. The molecule has 2 aromatic carbocycles. The number of nitrogens with zero attached hydrogens (tertiary/aromatic N) is 5. The lowest BCUT2D eigenvalue weighted by molar-refractivity contribution is 0.0696. The van der Waals surface area contributed by atoms with Crippen LogP contribution in [0.15, 0.2) is 59.3 Å². The first-order chi connectivity index (χ1) is 16.5. The SMILES string of the molecule is COc1cccc(-c2nn(-c3ccc(C)cc3)cc2C(=O)N2CCCC(c3nc(C)no3)C2)c1. The fourth-order valence-corrected chi connectivity index (χ4v) is 4.36. The number of ether oxygens (including phenoxy) is 1. The first kappa shape index (κ1) is 21.9. The summed E-state index contributed by atoms with van der Waals surface area (Å²) in [4.78, 5) is 20.1. The molecule has 2 aromatic heterocycles. The number of carbonyl (C=O) groups is 1. The molecule has 0 N–H and O–H groups in total. The molecule has 1 aliphatic heterocycles. The van der Waals surface area contributed by atoms with Crippen molar-refractivity contribution < 1.29 is 14.1 Å². The highest BCUT2D eigenvalue weighted by Gasteiger charge is 2.31. The van der Waals surface area contributed by atoms with Crippen molar-refractivity contribution in [2.24, 2.45) is 0 Å². The van der Waals surface area contributed by atoms with E-state index >= 15 is 0 Å². The summed E-state index contributed by atoms with van der Waals surface area (Å²) in [6.45, 7) is 5.06. The van der Waals surface area contributed by atoms with Gasteiger partial charge in [0.1, 0.15) is 11.4 Å². The third kappa shape index (κ3) is 4.31. The van der Waals surface area contributed by atoms with Crippen LogP contribution < -0.4 is 4.74 Å². The summed E-state index contributed by atoms with van der Waals surface area (Å²) in [5.41, 5.74) is 4.06. The second kappa shape index (κ2) is 9.13. The summed E-state index contributed by atoms with van der Waals surface area (Å²) in [6.07, 6.45) is 3.61. The van der Waals surface area contributed by atoms with Crippen molar-refractivity contribution in [2.45, 2.75) is 32.6 Å². The van der Waals surface area contributed by atoms with Gasteiger partial charge in [0.15, 0.2) is 5.82 Å².